The minimum atomic E-state index is -1.09. The molecule has 33 heavy (non-hydrogen) atoms. The van der Waals surface area contributed by atoms with Crippen molar-refractivity contribution in [2.45, 2.75) is 58.2 Å². The number of halogens is 3. The molecule has 1 aliphatic heterocycles. The average molecular weight is 499 g/mol. The minimum absolute atomic E-state index is 0.0710. The number of carbonyl (C=O) groups is 1. The van der Waals surface area contributed by atoms with E-state index in [-0.39, 0.29) is 13.0 Å². The van der Waals surface area contributed by atoms with Crippen LogP contribution in [0.15, 0.2) is 18.2 Å². The standard InChI is InChI=1S/C23H29Cl2FN4O3/c1-4-16-20(14-8-7-13(24)11-15(14)25)27-17(5-2)22(28-16)29-21-18(9-10-26)30(23(31)32)12-19(21)33-6-3/h7-8,11,18-19,21H,4-6,9-10,12H2,1-3H3,(H,28,29)(H,31,32)/t18-,19?,21+/m1/s1. The third kappa shape index (κ3) is 5.50. The molecule has 0 bridgehead atoms. The molecule has 2 N–H and O–H groups in total. The van der Waals surface area contributed by atoms with Crippen molar-refractivity contribution >= 4 is 35.1 Å². The van der Waals surface area contributed by atoms with E-state index in [9.17, 15) is 14.3 Å². The monoisotopic (exact) mass is 498 g/mol. The molecule has 180 valence electrons. The van der Waals surface area contributed by atoms with Gasteiger partial charge < -0.3 is 20.1 Å². The summed E-state index contributed by atoms with van der Waals surface area (Å²) in [6.45, 7) is 5.74. The lowest BCUT2D eigenvalue weighted by atomic mass is 10.0. The number of aromatic nitrogens is 2. The number of nitrogens with one attached hydrogen (secondary N) is 1. The largest absolute Gasteiger partial charge is 0.465 e. The highest BCUT2D eigenvalue weighted by molar-refractivity contribution is 6.36. The van der Waals surface area contributed by atoms with Crippen LogP contribution in [0.1, 0.15) is 38.6 Å². The Morgan fingerprint density at radius 1 is 1.24 bits per heavy atom. The number of rotatable bonds is 9. The molecule has 7 nitrogen and oxygen atoms in total. The number of anilines is 1. The second-order valence-corrected chi connectivity index (χ2v) is 8.63. The number of hydrogen-bond acceptors (Lipinski definition) is 5. The van der Waals surface area contributed by atoms with Crippen molar-refractivity contribution in [3.05, 3.63) is 39.6 Å². The number of alkyl halides is 1. The van der Waals surface area contributed by atoms with Crippen LogP contribution in [0.25, 0.3) is 11.3 Å². The molecule has 10 heteroatoms. The first kappa shape index (κ1) is 25.5. The SMILES string of the molecule is CCOC1CN(C(=O)O)[C@H](CCF)[C@@H]1Nc1nc(CC)c(-c2ccc(Cl)cc2Cl)nc1CC. The number of carboxylic acid groups (broad SMARTS) is 1. The normalized spacial score (nSPS) is 20.3. The van der Waals surface area contributed by atoms with Crippen molar-refractivity contribution in [1.29, 1.82) is 0 Å². The Bertz CT molecular complexity index is 994. The van der Waals surface area contributed by atoms with Crippen LogP contribution in [0.5, 0.6) is 0 Å². The number of benzene rings is 1. The zero-order chi connectivity index (χ0) is 24.1. The topological polar surface area (TPSA) is 87.6 Å². The maximum atomic E-state index is 13.3. The maximum absolute atomic E-state index is 13.3. The molecular weight excluding hydrogens is 470 g/mol. The fourth-order valence-corrected chi connectivity index (χ4v) is 4.78. The summed E-state index contributed by atoms with van der Waals surface area (Å²) in [7, 11) is 0. The molecule has 1 aliphatic rings. The molecule has 2 aromatic rings. The summed E-state index contributed by atoms with van der Waals surface area (Å²) in [6.07, 6.45) is -0.258. The molecule has 1 unspecified atom stereocenters. The molecule has 3 rings (SSSR count). The Hall–Kier alpha value is -2.16. The quantitative estimate of drug-likeness (QED) is 0.475. The van der Waals surface area contributed by atoms with Crippen molar-refractivity contribution < 1.29 is 19.0 Å². The summed E-state index contributed by atoms with van der Waals surface area (Å²) in [5, 5.41) is 14.0. The molecule has 1 aromatic heterocycles. The van der Waals surface area contributed by atoms with Crippen molar-refractivity contribution in [3.63, 3.8) is 0 Å². The molecule has 0 radical (unpaired) electrons. The van der Waals surface area contributed by atoms with E-state index in [2.05, 4.69) is 5.32 Å². The van der Waals surface area contributed by atoms with Crippen molar-refractivity contribution in [2.24, 2.45) is 0 Å². The molecule has 0 spiro atoms. The summed E-state index contributed by atoms with van der Waals surface area (Å²) in [5.41, 5.74) is 2.87. The summed E-state index contributed by atoms with van der Waals surface area (Å²) in [5.74, 6) is 0.550. The van der Waals surface area contributed by atoms with Crippen LogP contribution in [0.3, 0.4) is 0 Å². The lowest BCUT2D eigenvalue weighted by Gasteiger charge is -2.28. The van der Waals surface area contributed by atoms with Crippen molar-refractivity contribution in [3.8, 4) is 11.3 Å². The van der Waals surface area contributed by atoms with Gasteiger partial charge in [0.25, 0.3) is 0 Å². The Labute approximate surface area is 203 Å². The van der Waals surface area contributed by atoms with Gasteiger partial charge >= 0.3 is 6.09 Å². The van der Waals surface area contributed by atoms with Gasteiger partial charge in [-0.05, 0) is 44.4 Å². The lowest BCUT2D eigenvalue weighted by Crippen LogP contribution is -2.44. The van der Waals surface area contributed by atoms with Gasteiger partial charge in [-0.1, -0.05) is 37.0 Å². The Kier molecular flexibility index (Phi) is 8.73. The maximum Gasteiger partial charge on any atom is 0.407 e. The Morgan fingerprint density at radius 2 is 1.97 bits per heavy atom. The Balaban J connectivity index is 2.03. The number of hydrogen-bond donors (Lipinski definition) is 2. The van der Waals surface area contributed by atoms with Crippen LogP contribution in [0.2, 0.25) is 10.0 Å². The third-order valence-electron chi connectivity index (χ3n) is 5.82. The molecule has 1 amide bonds. The summed E-state index contributed by atoms with van der Waals surface area (Å²) in [4.78, 5) is 22.7. The van der Waals surface area contributed by atoms with Gasteiger partial charge in [0.05, 0.1) is 53.5 Å². The van der Waals surface area contributed by atoms with Crippen LogP contribution < -0.4 is 5.32 Å². The molecule has 0 saturated carbocycles. The molecule has 3 atom stereocenters. The molecule has 0 aliphatic carbocycles. The fraction of sp³-hybridized carbons (Fsp3) is 0.522. The first-order chi connectivity index (χ1) is 15.8. The third-order valence-corrected chi connectivity index (χ3v) is 6.37. The van der Waals surface area contributed by atoms with Gasteiger partial charge in [0.15, 0.2) is 0 Å². The predicted octanol–water partition coefficient (Wildman–Crippen LogP) is 5.48. The number of likely N-dealkylation sites (tertiary alicyclic amines) is 1. The molecule has 1 fully saturated rings. The first-order valence-corrected chi connectivity index (χ1v) is 11.9. The van der Waals surface area contributed by atoms with Crippen LogP contribution in [-0.4, -0.2) is 64.1 Å². The lowest BCUT2D eigenvalue weighted by molar-refractivity contribution is 0.0627. The fourth-order valence-electron chi connectivity index (χ4n) is 4.28. The van der Waals surface area contributed by atoms with Crippen LogP contribution in [-0.2, 0) is 17.6 Å². The van der Waals surface area contributed by atoms with E-state index < -0.39 is 31.0 Å². The van der Waals surface area contributed by atoms with E-state index in [1.54, 1.807) is 12.1 Å². The smallest absolute Gasteiger partial charge is 0.407 e. The van der Waals surface area contributed by atoms with Crippen LogP contribution in [0, 0.1) is 0 Å². The second-order valence-electron chi connectivity index (χ2n) is 7.79. The number of aryl methyl sites for hydroxylation is 2. The zero-order valence-electron chi connectivity index (χ0n) is 18.9. The summed E-state index contributed by atoms with van der Waals surface area (Å²) < 4.78 is 19.2. The van der Waals surface area contributed by atoms with Gasteiger partial charge in [-0.25, -0.2) is 14.8 Å². The van der Waals surface area contributed by atoms with Gasteiger partial charge in [-0.2, -0.15) is 0 Å². The van der Waals surface area contributed by atoms with Gasteiger partial charge in [-0.3, -0.25) is 4.39 Å². The van der Waals surface area contributed by atoms with Gasteiger partial charge in [0.2, 0.25) is 0 Å². The summed E-state index contributed by atoms with van der Waals surface area (Å²) in [6, 6.07) is 4.22. The van der Waals surface area contributed by atoms with Crippen LogP contribution >= 0.6 is 23.2 Å². The van der Waals surface area contributed by atoms with Gasteiger partial charge in [-0.15, -0.1) is 0 Å². The summed E-state index contributed by atoms with van der Waals surface area (Å²) >= 11 is 12.5. The molecule has 2 heterocycles. The second kappa shape index (κ2) is 11.3. The van der Waals surface area contributed by atoms with E-state index in [1.165, 1.54) is 4.90 Å². The van der Waals surface area contributed by atoms with E-state index in [0.29, 0.717) is 46.7 Å². The highest BCUT2D eigenvalue weighted by Crippen LogP contribution is 2.34. The van der Waals surface area contributed by atoms with E-state index >= 15 is 0 Å². The molecular formula is C23H29Cl2FN4O3. The van der Waals surface area contributed by atoms with E-state index in [0.717, 1.165) is 11.3 Å². The van der Waals surface area contributed by atoms with Crippen molar-refractivity contribution in [2.75, 3.05) is 25.1 Å². The minimum Gasteiger partial charge on any atom is -0.465 e. The van der Waals surface area contributed by atoms with E-state index in [1.807, 2.05) is 26.8 Å². The zero-order valence-corrected chi connectivity index (χ0v) is 20.5. The first-order valence-electron chi connectivity index (χ1n) is 11.1. The van der Waals surface area contributed by atoms with Gasteiger partial charge in [0, 0.05) is 17.2 Å². The molecule has 1 aromatic carbocycles. The van der Waals surface area contributed by atoms with Crippen LogP contribution in [0.4, 0.5) is 15.0 Å². The number of nitrogens with zero attached hydrogens (tertiary/aromatic N) is 3. The Morgan fingerprint density at radius 3 is 2.55 bits per heavy atom. The van der Waals surface area contributed by atoms with Crippen molar-refractivity contribution in [1.82, 2.24) is 14.9 Å². The number of amides is 1. The van der Waals surface area contributed by atoms with E-state index in [4.69, 9.17) is 37.9 Å². The highest BCUT2D eigenvalue weighted by atomic mass is 35.5. The highest BCUT2D eigenvalue weighted by Gasteiger charge is 2.45. The number of ether oxygens (including phenoxy) is 1. The predicted molar refractivity (Wildman–Crippen MR) is 128 cm³/mol. The average Bonchev–Trinajstić information content (AvgIpc) is 3.11. The molecule has 1 saturated heterocycles. The van der Waals surface area contributed by atoms with Gasteiger partial charge in [0.1, 0.15) is 5.82 Å².